The number of nitrogen functional groups attached to an aromatic ring is 1. The van der Waals surface area contributed by atoms with Crippen LogP contribution in [0.15, 0.2) is 91.5 Å². The van der Waals surface area contributed by atoms with Crippen LogP contribution in [0, 0.1) is 0 Å². The Balaban J connectivity index is 1.44. The molecular weight excluding hydrogens is 617 g/mol. The van der Waals surface area contributed by atoms with Crippen molar-refractivity contribution in [1.82, 2.24) is 19.5 Å². The van der Waals surface area contributed by atoms with E-state index < -0.39 is 40.3 Å². The second-order valence-electron chi connectivity index (χ2n) is 10.7. The van der Waals surface area contributed by atoms with Gasteiger partial charge in [0.1, 0.15) is 41.2 Å². The first-order chi connectivity index (χ1) is 22.1. The van der Waals surface area contributed by atoms with Crippen LogP contribution < -0.4 is 15.2 Å². The van der Waals surface area contributed by atoms with Crippen molar-refractivity contribution in [3.8, 4) is 11.5 Å². The van der Waals surface area contributed by atoms with E-state index in [9.17, 15) is 8.42 Å². The molecule has 46 heavy (non-hydrogen) atoms. The molecule has 0 unspecified atom stereocenters. The number of rotatable bonds is 11. The van der Waals surface area contributed by atoms with Crippen molar-refractivity contribution in [3.63, 3.8) is 0 Å². The number of ether oxygens (including phenoxy) is 4. The first-order valence-corrected chi connectivity index (χ1v) is 16.1. The molecule has 5 aromatic rings. The Hall–Kier alpha value is -4.63. The van der Waals surface area contributed by atoms with Gasteiger partial charge in [-0.25, -0.2) is 19.3 Å². The highest BCUT2D eigenvalue weighted by molar-refractivity contribution is 7.86. The van der Waals surface area contributed by atoms with Crippen molar-refractivity contribution in [2.75, 3.05) is 32.8 Å². The maximum atomic E-state index is 16.3. The van der Waals surface area contributed by atoms with Crippen LogP contribution in [0.4, 0.5) is 10.2 Å². The Bertz CT molecular complexity index is 1860. The van der Waals surface area contributed by atoms with Gasteiger partial charge >= 0.3 is 0 Å². The Morgan fingerprint density at radius 2 is 1.48 bits per heavy atom. The van der Waals surface area contributed by atoms with Crippen molar-refractivity contribution < 1.29 is 35.9 Å². The molecule has 3 aromatic carbocycles. The van der Waals surface area contributed by atoms with Gasteiger partial charge in [-0.1, -0.05) is 54.6 Å². The second kappa shape index (κ2) is 12.6. The number of fused-ring (bicyclic) bond motifs is 1. The number of hydrogen-bond acceptors (Lipinski definition) is 11. The van der Waals surface area contributed by atoms with E-state index in [-0.39, 0.29) is 23.6 Å². The third-order valence-electron chi connectivity index (χ3n) is 7.85. The SMILES string of the molecule is COc1ccc(C(OC[C@H]2O[C@@H](n3cnc4c(N)ncnc43)[C@H](F)[C@@H]2OS(C)(=O)=O)(c2ccccc2)c2ccc(OC)cc2)cc1. The maximum Gasteiger partial charge on any atom is 0.264 e. The minimum Gasteiger partial charge on any atom is -0.497 e. The van der Waals surface area contributed by atoms with Crippen LogP contribution in [0.1, 0.15) is 22.9 Å². The van der Waals surface area contributed by atoms with Gasteiger partial charge in [0.2, 0.25) is 0 Å². The van der Waals surface area contributed by atoms with Gasteiger partial charge < -0.3 is 24.7 Å². The fourth-order valence-electron chi connectivity index (χ4n) is 5.71. The predicted molar refractivity (Wildman–Crippen MR) is 167 cm³/mol. The van der Waals surface area contributed by atoms with E-state index >= 15 is 4.39 Å². The summed E-state index contributed by atoms with van der Waals surface area (Å²) in [7, 11) is -0.963. The largest absolute Gasteiger partial charge is 0.497 e. The lowest BCUT2D eigenvalue weighted by Gasteiger charge is -2.37. The maximum absolute atomic E-state index is 16.3. The van der Waals surface area contributed by atoms with Crippen LogP contribution in [0.2, 0.25) is 0 Å². The first kappa shape index (κ1) is 31.4. The molecule has 0 aliphatic carbocycles. The van der Waals surface area contributed by atoms with Crippen LogP contribution in [-0.4, -0.2) is 73.4 Å². The Labute approximate surface area is 265 Å². The quantitative estimate of drug-likeness (QED) is 0.163. The predicted octanol–water partition coefficient (Wildman–Crippen LogP) is 4.01. The van der Waals surface area contributed by atoms with Gasteiger partial charge in [-0.2, -0.15) is 8.42 Å². The van der Waals surface area contributed by atoms with Gasteiger partial charge in [0.25, 0.3) is 10.1 Å². The van der Waals surface area contributed by atoms with E-state index in [1.807, 2.05) is 78.9 Å². The molecule has 240 valence electrons. The third-order valence-corrected chi connectivity index (χ3v) is 8.42. The molecule has 0 amide bonds. The van der Waals surface area contributed by atoms with Gasteiger partial charge in [0, 0.05) is 0 Å². The van der Waals surface area contributed by atoms with Gasteiger partial charge in [-0.05, 0) is 41.0 Å². The summed E-state index contributed by atoms with van der Waals surface area (Å²) >= 11 is 0. The molecular formula is C32H32FN5O7S. The molecule has 1 aliphatic rings. The monoisotopic (exact) mass is 649 g/mol. The van der Waals surface area contributed by atoms with Gasteiger partial charge in [0.05, 0.1) is 33.4 Å². The second-order valence-corrected chi connectivity index (χ2v) is 12.3. The molecule has 3 heterocycles. The normalized spacial score (nSPS) is 20.2. The Morgan fingerprint density at radius 1 is 0.891 bits per heavy atom. The summed E-state index contributed by atoms with van der Waals surface area (Å²) in [4.78, 5) is 12.3. The van der Waals surface area contributed by atoms with Crippen molar-refractivity contribution in [2.24, 2.45) is 0 Å². The number of alkyl halides is 1. The van der Waals surface area contributed by atoms with Crippen LogP contribution >= 0.6 is 0 Å². The summed E-state index contributed by atoms with van der Waals surface area (Å²) in [5, 5.41) is 0. The van der Waals surface area contributed by atoms with E-state index in [1.165, 1.54) is 17.2 Å². The summed E-state index contributed by atoms with van der Waals surface area (Å²) < 4.78 is 71.5. The average Bonchev–Trinajstić information content (AvgIpc) is 3.63. The topological polar surface area (TPSA) is 150 Å². The molecule has 2 N–H and O–H groups in total. The lowest BCUT2D eigenvalue weighted by Crippen LogP contribution is -2.40. The molecule has 1 saturated heterocycles. The van der Waals surface area contributed by atoms with E-state index in [0.717, 1.165) is 22.9 Å². The molecule has 1 fully saturated rings. The fraction of sp³-hybridized carbons (Fsp3) is 0.281. The summed E-state index contributed by atoms with van der Waals surface area (Å²) in [6, 6.07) is 24.2. The number of hydrogen-bond donors (Lipinski definition) is 1. The molecule has 0 bridgehead atoms. The zero-order valence-corrected chi connectivity index (χ0v) is 26.0. The van der Waals surface area contributed by atoms with Gasteiger partial charge in [0.15, 0.2) is 23.9 Å². The van der Waals surface area contributed by atoms with Crippen LogP contribution in [0.5, 0.6) is 11.5 Å². The summed E-state index contributed by atoms with van der Waals surface area (Å²) in [6.07, 6.45) is -2.66. The minimum atomic E-state index is -4.11. The number of anilines is 1. The zero-order valence-electron chi connectivity index (χ0n) is 25.2. The molecule has 1 aliphatic heterocycles. The van der Waals surface area contributed by atoms with Crippen LogP contribution in [0.25, 0.3) is 11.2 Å². The zero-order chi connectivity index (χ0) is 32.5. The highest BCUT2D eigenvalue weighted by atomic mass is 32.2. The summed E-state index contributed by atoms with van der Waals surface area (Å²) in [6.45, 7) is -0.284. The highest BCUT2D eigenvalue weighted by Crippen LogP contribution is 2.44. The average molecular weight is 650 g/mol. The Morgan fingerprint density at radius 3 is 2.04 bits per heavy atom. The standard InChI is InChI=1S/C32H32FN5O7S/c1-41-23-13-9-21(10-14-23)32(20-7-5-4-6-8-20,22-11-15-24(42-2)16-12-22)43-17-25-28(45-46(3,39)40)26(33)31(44-25)38-19-37-27-29(34)35-18-36-30(27)38/h4-16,18-19,25-26,28,31H,17H2,1-3H3,(H2,34,35,36)/t25-,26-,28-,31-/m1/s1. The van der Waals surface area contributed by atoms with Crippen molar-refractivity contribution in [2.45, 2.75) is 30.2 Å². The first-order valence-electron chi connectivity index (χ1n) is 14.2. The van der Waals surface area contributed by atoms with E-state index in [0.29, 0.717) is 11.5 Å². The summed E-state index contributed by atoms with van der Waals surface area (Å²) in [5.41, 5.74) is 7.34. The van der Waals surface area contributed by atoms with Crippen LogP contribution in [0.3, 0.4) is 0 Å². The third kappa shape index (κ3) is 5.87. The van der Waals surface area contributed by atoms with Crippen molar-refractivity contribution in [1.29, 1.82) is 0 Å². The highest BCUT2D eigenvalue weighted by Gasteiger charge is 2.51. The number of aromatic nitrogens is 4. The van der Waals surface area contributed by atoms with E-state index in [2.05, 4.69) is 15.0 Å². The molecule has 12 nitrogen and oxygen atoms in total. The molecule has 0 radical (unpaired) electrons. The van der Waals surface area contributed by atoms with Crippen molar-refractivity contribution in [3.05, 3.63) is 108 Å². The molecule has 14 heteroatoms. The lowest BCUT2D eigenvalue weighted by atomic mass is 9.80. The van der Waals surface area contributed by atoms with Gasteiger partial charge in [-0.15, -0.1) is 0 Å². The van der Waals surface area contributed by atoms with E-state index in [1.54, 1.807) is 14.2 Å². The molecule has 0 saturated carbocycles. The molecule has 6 rings (SSSR count). The number of benzene rings is 3. The van der Waals surface area contributed by atoms with Crippen LogP contribution in [-0.2, 0) is 29.4 Å². The molecule has 2 aromatic heterocycles. The molecule has 0 spiro atoms. The number of nitrogens with two attached hydrogens (primary N) is 1. The van der Waals surface area contributed by atoms with E-state index in [4.69, 9.17) is 28.9 Å². The number of methoxy groups -OCH3 is 2. The lowest BCUT2D eigenvalue weighted by molar-refractivity contribution is -0.0906. The number of imidazole rings is 1. The van der Waals surface area contributed by atoms with Crippen molar-refractivity contribution >= 4 is 27.1 Å². The fourth-order valence-corrected chi connectivity index (χ4v) is 6.34. The Kier molecular flexibility index (Phi) is 8.61. The number of halogens is 1. The summed E-state index contributed by atoms with van der Waals surface area (Å²) in [5.74, 6) is 1.38. The molecule has 4 atom stereocenters. The van der Waals surface area contributed by atoms with Gasteiger partial charge in [-0.3, -0.25) is 8.75 Å². The smallest absolute Gasteiger partial charge is 0.264 e. The number of nitrogens with zero attached hydrogens (tertiary/aromatic N) is 4. The minimum absolute atomic E-state index is 0.104.